The van der Waals surface area contributed by atoms with Gasteiger partial charge in [0.2, 0.25) is 0 Å². The molecular weight excluding hydrogens is 142 g/mol. The van der Waals surface area contributed by atoms with Crippen molar-refractivity contribution in [3.63, 3.8) is 0 Å². The number of amides is 2. The molecule has 1 aliphatic heterocycles. The maximum absolute atomic E-state index is 11.1. The van der Waals surface area contributed by atoms with Gasteiger partial charge in [-0.05, 0) is 7.05 Å². The highest BCUT2D eigenvalue weighted by atomic mass is 16.2. The minimum absolute atomic E-state index is 0.0399. The lowest BCUT2D eigenvalue weighted by Crippen LogP contribution is -2.49. The molecule has 1 heterocycles. The molecule has 0 aromatic heterocycles. The molecular formula is C7H15N3O. The number of likely N-dealkylation sites (N-methyl/N-ethyl adjacent to an activating group) is 1. The fraction of sp³-hybridized carbons (Fsp3) is 0.857. The molecule has 0 saturated carbocycles. The van der Waals surface area contributed by atoms with Crippen LogP contribution >= 0.6 is 0 Å². The molecule has 0 aromatic carbocycles. The van der Waals surface area contributed by atoms with Crippen LogP contribution in [0, 0.1) is 0 Å². The molecule has 11 heavy (non-hydrogen) atoms. The van der Waals surface area contributed by atoms with Gasteiger partial charge in [-0.15, -0.1) is 0 Å². The van der Waals surface area contributed by atoms with Gasteiger partial charge in [0.25, 0.3) is 0 Å². The van der Waals surface area contributed by atoms with Crippen molar-refractivity contribution >= 4 is 6.03 Å². The van der Waals surface area contributed by atoms with Crippen molar-refractivity contribution in [2.45, 2.75) is 0 Å². The van der Waals surface area contributed by atoms with E-state index in [1.807, 2.05) is 4.90 Å². The van der Waals surface area contributed by atoms with Gasteiger partial charge in [0, 0.05) is 33.2 Å². The quantitative estimate of drug-likeness (QED) is 0.518. The van der Waals surface area contributed by atoms with Crippen molar-refractivity contribution in [3.05, 3.63) is 0 Å². The van der Waals surface area contributed by atoms with Gasteiger partial charge in [-0.3, -0.25) is 0 Å². The van der Waals surface area contributed by atoms with E-state index in [1.54, 1.807) is 7.05 Å². The predicted octanol–water partition coefficient (Wildman–Crippen LogP) is -0.427. The van der Waals surface area contributed by atoms with Crippen LogP contribution < -0.4 is 5.32 Å². The van der Waals surface area contributed by atoms with Crippen molar-refractivity contribution in [2.24, 2.45) is 0 Å². The van der Waals surface area contributed by atoms with Crippen LogP contribution in [0.5, 0.6) is 0 Å². The molecule has 4 nitrogen and oxygen atoms in total. The molecule has 0 atom stereocenters. The summed E-state index contributed by atoms with van der Waals surface area (Å²) in [6.45, 7) is 3.65. The molecule has 0 aliphatic carbocycles. The largest absolute Gasteiger partial charge is 0.341 e. The minimum Gasteiger partial charge on any atom is -0.341 e. The summed E-state index contributed by atoms with van der Waals surface area (Å²) in [6.07, 6.45) is 0. The van der Waals surface area contributed by atoms with Crippen LogP contribution in [0.1, 0.15) is 0 Å². The number of rotatable bonds is 0. The Balaban J connectivity index is 2.33. The lowest BCUT2D eigenvalue weighted by atomic mass is 10.3. The van der Waals surface area contributed by atoms with Crippen molar-refractivity contribution in [1.29, 1.82) is 0 Å². The van der Waals surface area contributed by atoms with Gasteiger partial charge in [0.05, 0.1) is 0 Å². The zero-order valence-electron chi connectivity index (χ0n) is 7.13. The van der Waals surface area contributed by atoms with E-state index in [1.165, 1.54) is 0 Å². The summed E-state index contributed by atoms with van der Waals surface area (Å²) in [5.74, 6) is 0. The van der Waals surface area contributed by atoms with Crippen LogP contribution in [0.15, 0.2) is 0 Å². The first-order chi connectivity index (χ1) is 5.24. The Hall–Kier alpha value is -0.770. The highest BCUT2D eigenvalue weighted by molar-refractivity contribution is 5.73. The number of nitrogens with zero attached hydrogens (tertiary/aromatic N) is 2. The molecule has 1 aliphatic rings. The summed E-state index contributed by atoms with van der Waals surface area (Å²) in [6, 6.07) is 0.0399. The topological polar surface area (TPSA) is 35.6 Å². The molecule has 1 saturated heterocycles. The summed E-state index contributed by atoms with van der Waals surface area (Å²) in [5, 5.41) is 2.62. The van der Waals surface area contributed by atoms with E-state index in [-0.39, 0.29) is 6.03 Å². The number of hydrogen-bond acceptors (Lipinski definition) is 2. The van der Waals surface area contributed by atoms with Crippen LogP contribution in [-0.2, 0) is 0 Å². The second-order valence-electron chi connectivity index (χ2n) is 2.85. The zero-order chi connectivity index (χ0) is 8.27. The van der Waals surface area contributed by atoms with Crippen LogP contribution in [0.3, 0.4) is 0 Å². The average molecular weight is 157 g/mol. The van der Waals surface area contributed by atoms with Gasteiger partial charge in [0.1, 0.15) is 0 Å². The second kappa shape index (κ2) is 3.57. The molecule has 64 valence electrons. The highest BCUT2D eigenvalue weighted by Gasteiger charge is 2.16. The van der Waals surface area contributed by atoms with Crippen molar-refractivity contribution in [1.82, 2.24) is 15.1 Å². The van der Waals surface area contributed by atoms with E-state index >= 15 is 0 Å². The van der Waals surface area contributed by atoms with Gasteiger partial charge in [-0.1, -0.05) is 0 Å². The standard InChI is InChI=1S/C7H15N3O/c1-8-7(11)10-5-3-9(2)4-6-10/h3-6H2,1-2H3,(H,8,11). The molecule has 1 rings (SSSR count). The third-order valence-electron chi connectivity index (χ3n) is 2.00. The lowest BCUT2D eigenvalue weighted by molar-refractivity contribution is 0.156. The van der Waals surface area contributed by atoms with E-state index in [0.717, 1.165) is 26.2 Å². The minimum atomic E-state index is 0.0399. The summed E-state index contributed by atoms with van der Waals surface area (Å²) in [5.41, 5.74) is 0. The summed E-state index contributed by atoms with van der Waals surface area (Å²) in [4.78, 5) is 15.1. The second-order valence-corrected chi connectivity index (χ2v) is 2.85. The molecule has 0 unspecified atom stereocenters. The average Bonchev–Trinajstić information content (AvgIpc) is 2.05. The fourth-order valence-electron chi connectivity index (χ4n) is 1.17. The lowest BCUT2D eigenvalue weighted by Gasteiger charge is -2.31. The molecule has 2 amide bonds. The highest BCUT2D eigenvalue weighted by Crippen LogP contribution is 1.98. The van der Waals surface area contributed by atoms with Crippen molar-refractivity contribution < 1.29 is 4.79 Å². The monoisotopic (exact) mass is 157 g/mol. The van der Waals surface area contributed by atoms with Crippen LogP contribution in [0.25, 0.3) is 0 Å². The van der Waals surface area contributed by atoms with Crippen LogP contribution in [0.4, 0.5) is 4.79 Å². The van der Waals surface area contributed by atoms with Gasteiger partial charge < -0.3 is 15.1 Å². The van der Waals surface area contributed by atoms with Gasteiger partial charge in [-0.2, -0.15) is 0 Å². The van der Waals surface area contributed by atoms with Crippen LogP contribution in [0.2, 0.25) is 0 Å². The third-order valence-corrected chi connectivity index (χ3v) is 2.00. The van der Waals surface area contributed by atoms with Crippen molar-refractivity contribution in [3.8, 4) is 0 Å². The normalized spacial score (nSPS) is 20.0. The third kappa shape index (κ3) is 2.08. The number of hydrogen-bond donors (Lipinski definition) is 1. The number of urea groups is 1. The Morgan fingerprint density at radius 3 is 2.27 bits per heavy atom. The van der Waals surface area contributed by atoms with E-state index < -0.39 is 0 Å². The molecule has 4 heteroatoms. The van der Waals surface area contributed by atoms with Crippen LogP contribution in [-0.4, -0.2) is 56.1 Å². The maximum atomic E-state index is 11.1. The number of carbonyl (C=O) groups excluding carboxylic acids is 1. The molecule has 1 N–H and O–H groups in total. The Morgan fingerprint density at radius 2 is 1.82 bits per heavy atom. The summed E-state index contributed by atoms with van der Waals surface area (Å²) in [7, 11) is 3.74. The number of carbonyl (C=O) groups is 1. The Labute approximate surface area is 67.2 Å². The van der Waals surface area contributed by atoms with E-state index in [4.69, 9.17) is 0 Å². The van der Waals surface area contributed by atoms with E-state index in [9.17, 15) is 4.79 Å². The zero-order valence-corrected chi connectivity index (χ0v) is 7.13. The van der Waals surface area contributed by atoms with Gasteiger partial charge >= 0.3 is 6.03 Å². The van der Waals surface area contributed by atoms with E-state index in [2.05, 4.69) is 17.3 Å². The Morgan fingerprint density at radius 1 is 1.27 bits per heavy atom. The molecule has 1 fully saturated rings. The summed E-state index contributed by atoms with van der Waals surface area (Å²) >= 11 is 0. The number of piperazine rings is 1. The fourth-order valence-corrected chi connectivity index (χ4v) is 1.17. The Bertz CT molecular complexity index is 141. The van der Waals surface area contributed by atoms with Gasteiger partial charge in [-0.25, -0.2) is 4.79 Å². The first-order valence-electron chi connectivity index (χ1n) is 3.89. The number of nitrogens with one attached hydrogen (secondary N) is 1. The van der Waals surface area contributed by atoms with Crippen molar-refractivity contribution in [2.75, 3.05) is 40.3 Å². The first-order valence-corrected chi connectivity index (χ1v) is 3.89. The predicted molar refractivity (Wildman–Crippen MR) is 43.5 cm³/mol. The molecule has 0 radical (unpaired) electrons. The molecule has 0 aromatic rings. The van der Waals surface area contributed by atoms with Gasteiger partial charge in [0.15, 0.2) is 0 Å². The first kappa shape index (κ1) is 8.33. The molecule has 0 spiro atoms. The molecule has 0 bridgehead atoms. The maximum Gasteiger partial charge on any atom is 0.317 e. The smallest absolute Gasteiger partial charge is 0.317 e. The summed E-state index contributed by atoms with van der Waals surface area (Å²) < 4.78 is 0. The Kier molecular flexibility index (Phi) is 2.70. The van der Waals surface area contributed by atoms with E-state index in [0.29, 0.717) is 0 Å². The SMILES string of the molecule is CNC(=O)N1CCN(C)CC1.